The molecular formula is C14H16N2O2. The van der Waals surface area contributed by atoms with Gasteiger partial charge in [-0.05, 0) is 25.0 Å². The van der Waals surface area contributed by atoms with Crippen molar-refractivity contribution in [3.63, 3.8) is 0 Å². The molecule has 1 aliphatic rings. The summed E-state index contributed by atoms with van der Waals surface area (Å²) in [4.78, 5) is 4.28. The van der Waals surface area contributed by atoms with Crippen molar-refractivity contribution in [3.05, 3.63) is 36.4 Å². The Bertz CT molecular complexity index is 532. The molecule has 3 rings (SSSR count). The van der Waals surface area contributed by atoms with Gasteiger partial charge < -0.3 is 14.5 Å². The van der Waals surface area contributed by atoms with Gasteiger partial charge in [0.05, 0.1) is 25.4 Å². The van der Waals surface area contributed by atoms with Gasteiger partial charge in [-0.25, -0.2) is 4.98 Å². The second-order valence-corrected chi connectivity index (χ2v) is 4.47. The zero-order chi connectivity index (χ0) is 12.4. The van der Waals surface area contributed by atoms with Gasteiger partial charge in [0.1, 0.15) is 5.75 Å². The number of nitrogens with zero attached hydrogens (tertiary/aromatic N) is 1. The number of benzene rings is 1. The SMILES string of the molecule is COc1ccccc1-c1cnc(CNC2CC2)o1. The summed E-state index contributed by atoms with van der Waals surface area (Å²) in [6.45, 7) is 0.694. The molecule has 0 spiro atoms. The lowest BCUT2D eigenvalue weighted by Crippen LogP contribution is -2.15. The van der Waals surface area contributed by atoms with Gasteiger partial charge in [0.2, 0.25) is 5.89 Å². The molecule has 1 aliphatic carbocycles. The van der Waals surface area contributed by atoms with Crippen LogP contribution in [0, 0.1) is 0 Å². The zero-order valence-electron chi connectivity index (χ0n) is 10.3. The van der Waals surface area contributed by atoms with E-state index in [1.165, 1.54) is 12.8 Å². The van der Waals surface area contributed by atoms with Crippen molar-refractivity contribution in [2.75, 3.05) is 7.11 Å². The Morgan fingerprint density at radius 2 is 2.22 bits per heavy atom. The minimum absolute atomic E-state index is 0.659. The number of hydrogen-bond acceptors (Lipinski definition) is 4. The van der Waals surface area contributed by atoms with E-state index < -0.39 is 0 Å². The van der Waals surface area contributed by atoms with Crippen molar-refractivity contribution in [2.24, 2.45) is 0 Å². The third kappa shape index (κ3) is 2.38. The Labute approximate surface area is 106 Å². The standard InChI is InChI=1S/C14H16N2O2/c1-17-12-5-3-2-4-11(12)13-8-16-14(18-13)9-15-10-6-7-10/h2-5,8,10,15H,6-7,9H2,1H3. The van der Waals surface area contributed by atoms with Crippen LogP contribution in [-0.2, 0) is 6.54 Å². The molecule has 1 N–H and O–H groups in total. The molecule has 1 aromatic heterocycles. The van der Waals surface area contributed by atoms with Crippen LogP contribution in [0.4, 0.5) is 0 Å². The van der Waals surface area contributed by atoms with Gasteiger partial charge in [-0.15, -0.1) is 0 Å². The average Bonchev–Trinajstić information content (AvgIpc) is 3.13. The fourth-order valence-electron chi connectivity index (χ4n) is 1.88. The zero-order valence-corrected chi connectivity index (χ0v) is 10.3. The van der Waals surface area contributed by atoms with E-state index in [0.29, 0.717) is 12.6 Å². The molecule has 4 nitrogen and oxygen atoms in total. The van der Waals surface area contributed by atoms with Gasteiger partial charge in [-0.2, -0.15) is 0 Å². The maximum atomic E-state index is 5.74. The molecule has 1 aromatic carbocycles. The molecule has 1 saturated carbocycles. The van der Waals surface area contributed by atoms with Crippen LogP contribution in [0.25, 0.3) is 11.3 Å². The Hall–Kier alpha value is -1.81. The molecule has 18 heavy (non-hydrogen) atoms. The molecule has 1 fully saturated rings. The minimum atomic E-state index is 0.659. The number of ether oxygens (including phenoxy) is 1. The number of aromatic nitrogens is 1. The lowest BCUT2D eigenvalue weighted by Gasteiger charge is -2.04. The van der Waals surface area contributed by atoms with E-state index in [4.69, 9.17) is 9.15 Å². The van der Waals surface area contributed by atoms with Crippen LogP contribution in [0.5, 0.6) is 5.75 Å². The lowest BCUT2D eigenvalue weighted by atomic mass is 10.1. The molecule has 1 heterocycles. The second-order valence-electron chi connectivity index (χ2n) is 4.47. The van der Waals surface area contributed by atoms with Gasteiger partial charge >= 0.3 is 0 Å². The summed E-state index contributed by atoms with van der Waals surface area (Å²) in [6, 6.07) is 8.44. The van der Waals surface area contributed by atoms with Crippen molar-refractivity contribution in [1.82, 2.24) is 10.3 Å². The summed E-state index contributed by atoms with van der Waals surface area (Å²) in [6.07, 6.45) is 4.28. The fourth-order valence-corrected chi connectivity index (χ4v) is 1.88. The first-order chi connectivity index (χ1) is 8.86. The molecule has 4 heteroatoms. The summed E-state index contributed by atoms with van der Waals surface area (Å²) in [5.74, 6) is 2.28. The lowest BCUT2D eigenvalue weighted by molar-refractivity contribution is 0.413. The van der Waals surface area contributed by atoms with Gasteiger partial charge in [-0.3, -0.25) is 0 Å². The summed E-state index contributed by atoms with van der Waals surface area (Å²) >= 11 is 0. The Morgan fingerprint density at radius 1 is 1.39 bits per heavy atom. The Balaban J connectivity index is 1.78. The molecule has 2 aromatic rings. The van der Waals surface area contributed by atoms with Crippen LogP contribution < -0.4 is 10.1 Å². The third-order valence-electron chi connectivity index (χ3n) is 3.05. The fraction of sp³-hybridized carbons (Fsp3) is 0.357. The molecule has 0 unspecified atom stereocenters. The quantitative estimate of drug-likeness (QED) is 0.878. The first-order valence-corrected chi connectivity index (χ1v) is 6.18. The highest BCUT2D eigenvalue weighted by molar-refractivity contribution is 5.64. The van der Waals surface area contributed by atoms with E-state index in [-0.39, 0.29) is 0 Å². The van der Waals surface area contributed by atoms with Crippen LogP contribution in [0.3, 0.4) is 0 Å². The van der Waals surface area contributed by atoms with Crippen molar-refractivity contribution in [3.8, 4) is 17.1 Å². The largest absolute Gasteiger partial charge is 0.496 e. The van der Waals surface area contributed by atoms with Gasteiger partial charge in [0.15, 0.2) is 5.76 Å². The first-order valence-electron chi connectivity index (χ1n) is 6.18. The van der Waals surface area contributed by atoms with E-state index in [2.05, 4.69) is 10.3 Å². The molecule has 0 saturated heterocycles. The molecule has 0 atom stereocenters. The summed E-state index contributed by atoms with van der Waals surface area (Å²) in [7, 11) is 1.66. The maximum absolute atomic E-state index is 5.74. The Morgan fingerprint density at radius 3 is 3.00 bits per heavy atom. The molecule has 94 valence electrons. The van der Waals surface area contributed by atoms with Crippen molar-refractivity contribution >= 4 is 0 Å². The molecule has 0 aliphatic heterocycles. The van der Waals surface area contributed by atoms with Gasteiger partial charge in [-0.1, -0.05) is 12.1 Å². The minimum Gasteiger partial charge on any atom is -0.496 e. The number of hydrogen-bond donors (Lipinski definition) is 1. The number of rotatable bonds is 5. The molecule has 0 bridgehead atoms. The van der Waals surface area contributed by atoms with Crippen molar-refractivity contribution in [2.45, 2.75) is 25.4 Å². The number of oxazole rings is 1. The molecule has 0 radical (unpaired) electrons. The highest BCUT2D eigenvalue weighted by Gasteiger charge is 2.21. The summed E-state index contributed by atoms with van der Waals surface area (Å²) in [5.41, 5.74) is 0.935. The van der Waals surface area contributed by atoms with E-state index in [1.54, 1.807) is 13.3 Å². The van der Waals surface area contributed by atoms with Gasteiger partial charge in [0.25, 0.3) is 0 Å². The van der Waals surface area contributed by atoms with E-state index in [1.807, 2.05) is 24.3 Å². The predicted octanol–water partition coefficient (Wildman–Crippen LogP) is 2.60. The van der Waals surface area contributed by atoms with Crippen molar-refractivity contribution < 1.29 is 9.15 Å². The van der Waals surface area contributed by atoms with Crippen LogP contribution >= 0.6 is 0 Å². The summed E-state index contributed by atoms with van der Waals surface area (Å²) in [5, 5.41) is 3.38. The molecular weight excluding hydrogens is 228 g/mol. The number of para-hydroxylation sites is 1. The van der Waals surface area contributed by atoms with Gasteiger partial charge in [0, 0.05) is 6.04 Å². The third-order valence-corrected chi connectivity index (χ3v) is 3.05. The van der Waals surface area contributed by atoms with E-state index in [0.717, 1.165) is 23.0 Å². The number of methoxy groups -OCH3 is 1. The van der Waals surface area contributed by atoms with E-state index in [9.17, 15) is 0 Å². The molecule has 0 amide bonds. The summed E-state index contributed by atoms with van der Waals surface area (Å²) < 4.78 is 11.1. The highest BCUT2D eigenvalue weighted by atomic mass is 16.5. The smallest absolute Gasteiger partial charge is 0.208 e. The Kier molecular flexibility index (Phi) is 3.02. The van der Waals surface area contributed by atoms with Crippen molar-refractivity contribution in [1.29, 1.82) is 0 Å². The number of nitrogens with one attached hydrogen (secondary N) is 1. The normalized spacial score (nSPS) is 14.7. The van der Waals surface area contributed by atoms with Crippen LogP contribution in [0.2, 0.25) is 0 Å². The highest BCUT2D eigenvalue weighted by Crippen LogP contribution is 2.30. The van der Waals surface area contributed by atoms with Crippen LogP contribution in [0.15, 0.2) is 34.9 Å². The van der Waals surface area contributed by atoms with Crippen LogP contribution in [0.1, 0.15) is 18.7 Å². The topological polar surface area (TPSA) is 47.3 Å². The average molecular weight is 244 g/mol. The monoisotopic (exact) mass is 244 g/mol. The second kappa shape index (κ2) is 4.82. The maximum Gasteiger partial charge on any atom is 0.208 e. The van der Waals surface area contributed by atoms with E-state index >= 15 is 0 Å². The predicted molar refractivity (Wildman–Crippen MR) is 68.4 cm³/mol. The first kappa shape index (κ1) is 11.3. The van der Waals surface area contributed by atoms with Crippen LogP contribution in [-0.4, -0.2) is 18.1 Å².